The van der Waals surface area contributed by atoms with Gasteiger partial charge in [-0.25, -0.2) is 9.97 Å². The minimum atomic E-state index is -0.168. The monoisotopic (exact) mass is 400 g/mol. The van der Waals surface area contributed by atoms with E-state index in [0.29, 0.717) is 35.1 Å². The molecular formula is C23H20N4O3. The number of hydrogen-bond acceptors (Lipinski definition) is 5. The first-order valence-electron chi connectivity index (χ1n) is 9.52. The van der Waals surface area contributed by atoms with E-state index in [1.165, 1.54) is 0 Å². The molecular weight excluding hydrogens is 380 g/mol. The van der Waals surface area contributed by atoms with Gasteiger partial charge < -0.3 is 14.3 Å². The lowest BCUT2D eigenvalue weighted by Crippen LogP contribution is -2.13. The third kappa shape index (κ3) is 4.35. The number of aryl methyl sites for hydroxylation is 2. The quantitative estimate of drug-likeness (QED) is 0.476. The van der Waals surface area contributed by atoms with Gasteiger partial charge in [0, 0.05) is 49.1 Å². The second-order valence-corrected chi connectivity index (χ2v) is 6.80. The maximum atomic E-state index is 12.4. The van der Waals surface area contributed by atoms with Crippen molar-refractivity contribution in [2.75, 3.05) is 5.32 Å². The fourth-order valence-electron chi connectivity index (χ4n) is 3.02. The van der Waals surface area contributed by atoms with Gasteiger partial charge in [-0.05, 0) is 24.3 Å². The molecule has 0 saturated carbocycles. The van der Waals surface area contributed by atoms with Gasteiger partial charge in [-0.1, -0.05) is 30.3 Å². The number of amides is 1. The van der Waals surface area contributed by atoms with E-state index in [4.69, 9.17) is 4.42 Å². The molecule has 2 aromatic carbocycles. The summed E-state index contributed by atoms with van der Waals surface area (Å²) in [6.45, 7) is 0. The molecule has 150 valence electrons. The van der Waals surface area contributed by atoms with Crippen LogP contribution in [0.3, 0.4) is 0 Å². The lowest BCUT2D eigenvalue weighted by molar-refractivity contribution is -0.116. The highest BCUT2D eigenvalue weighted by Gasteiger charge is 2.14. The molecule has 0 unspecified atom stereocenters. The van der Waals surface area contributed by atoms with Crippen LogP contribution in [0, 0.1) is 0 Å². The molecule has 7 nitrogen and oxygen atoms in total. The first-order valence-corrected chi connectivity index (χ1v) is 9.52. The zero-order valence-corrected chi connectivity index (χ0v) is 16.4. The van der Waals surface area contributed by atoms with Gasteiger partial charge in [-0.3, -0.25) is 9.59 Å². The van der Waals surface area contributed by atoms with Crippen molar-refractivity contribution >= 4 is 17.4 Å². The SMILES string of the molecule is Cn1ccnc1C(=O)c1ccc(NC(=O)CCc2ncc(-c3ccccc3)o2)cc1. The highest BCUT2D eigenvalue weighted by atomic mass is 16.4. The standard InChI is InChI=1S/C23H20N4O3/c1-27-14-13-24-23(27)22(29)17-7-9-18(10-8-17)26-20(28)11-12-21-25-15-19(30-21)16-5-3-2-4-6-16/h2-10,13-15H,11-12H2,1H3,(H,26,28). The van der Waals surface area contributed by atoms with Crippen molar-refractivity contribution in [3.8, 4) is 11.3 Å². The molecule has 0 aliphatic rings. The van der Waals surface area contributed by atoms with E-state index >= 15 is 0 Å². The molecule has 4 rings (SSSR count). The van der Waals surface area contributed by atoms with Gasteiger partial charge in [-0.2, -0.15) is 0 Å². The topological polar surface area (TPSA) is 90.0 Å². The summed E-state index contributed by atoms with van der Waals surface area (Å²) in [7, 11) is 1.77. The van der Waals surface area contributed by atoms with Crippen LogP contribution < -0.4 is 5.32 Å². The third-order valence-electron chi connectivity index (χ3n) is 4.63. The predicted molar refractivity (Wildman–Crippen MR) is 112 cm³/mol. The van der Waals surface area contributed by atoms with E-state index in [-0.39, 0.29) is 18.1 Å². The zero-order chi connectivity index (χ0) is 20.9. The number of nitrogens with one attached hydrogen (secondary N) is 1. The smallest absolute Gasteiger partial charge is 0.228 e. The molecule has 30 heavy (non-hydrogen) atoms. The molecule has 4 aromatic rings. The number of carbonyl (C=O) groups excluding carboxylic acids is 2. The molecule has 0 spiro atoms. The predicted octanol–water partition coefficient (Wildman–Crippen LogP) is 3.88. The first kappa shape index (κ1) is 19.3. The van der Waals surface area contributed by atoms with Crippen LogP contribution in [0.15, 0.2) is 77.6 Å². The fourth-order valence-corrected chi connectivity index (χ4v) is 3.02. The number of rotatable bonds is 7. The molecule has 7 heteroatoms. The van der Waals surface area contributed by atoms with E-state index in [1.54, 1.807) is 54.5 Å². The normalized spacial score (nSPS) is 10.7. The maximum absolute atomic E-state index is 12.4. The number of ketones is 1. The number of anilines is 1. The Morgan fingerprint density at radius 3 is 2.50 bits per heavy atom. The van der Waals surface area contributed by atoms with Gasteiger partial charge in [0.25, 0.3) is 0 Å². The van der Waals surface area contributed by atoms with Crippen LogP contribution in [0.1, 0.15) is 28.5 Å². The molecule has 0 fully saturated rings. The van der Waals surface area contributed by atoms with E-state index in [0.717, 1.165) is 5.56 Å². The molecule has 1 N–H and O–H groups in total. The largest absolute Gasteiger partial charge is 0.441 e. The number of benzene rings is 2. The summed E-state index contributed by atoms with van der Waals surface area (Å²) >= 11 is 0. The molecule has 2 aromatic heterocycles. The lowest BCUT2D eigenvalue weighted by atomic mass is 10.1. The summed E-state index contributed by atoms with van der Waals surface area (Å²) in [5.74, 6) is 1.24. The van der Waals surface area contributed by atoms with Crippen LogP contribution >= 0.6 is 0 Å². The summed E-state index contributed by atoms with van der Waals surface area (Å²) in [6, 6.07) is 16.4. The lowest BCUT2D eigenvalue weighted by Gasteiger charge is -2.06. The minimum absolute atomic E-state index is 0.155. The van der Waals surface area contributed by atoms with Crippen molar-refractivity contribution in [2.24, 2.45) is 7.05 Å². The Hall–Kier alpha value is -4.00. The summed E-state index contributed by atoms with van der Waals surface area (Å²) in [5.41, 5.74) is 2.07. The Morgan fingerprint density at radius 1 is 1.03 bits per heavy atom. The Bertz CT molecular complexity index is 1160. The van der Waals surface area contributed by atoms with E-state index in [9.17, 15) is 9.59 Å². The van der Waals surface area contributed by atoms with Gasteiger partial charge in [0.2, 0.25) is 11.7 Å². The van der Waals surface area contributed by atoms with E-state index in [1.807, 2.05) is 30.3 Å². The number of hydrogen-bond donors (Lipinski definition) is 1. The van der Waals surface area contributed by atoms with Gasteiger partial charge in [0.15, 0.2) is 17.5 Å². The molecule has 0 bridgehead atoms. The molecule has 2 heterocycles. The number of carbonyl (C=O) groups is 2. The van der Waals surface area contributed by atoms with Crippen molar-refractivity contribution in [2.45, 2.75) is 12.8 Å². The maximum Gasteiger partial charge on any atom is 0.228 e. The molecule has 0 aliphatic carbocycles. The van der Waals surface area contributed by atoms with Crippen LogP contribution in [0.4, 0.5) is 5.69 Å². The zero-order valence-electron chi connectivity index (χ0n) is 16.4. The van der Waals surface area contributed by atoms with Crippen molar-refractivity contribution in [3.63, 3.8) is 0 Å². The molecule has 0 saturated heterocycles. The van der Waals surface area contributed by atoms with Gasteiger partial charge in [-0.15, -0.1) is 0 Å². The fraction of sp³-hybridized carbons (Fsp3) is 0.130. The summed E-state index contributed by atoms with van der Waals surface area (Å²) in [4.78, 5) is 33.0. The van der Waals surface area contributed by atoms with E-state index < -0.39 is 0 Å². The van der Waals surface area contributed by atoms with Crippen LogP contribution in [-0.4, -0.2) is 26.2 Å². The average molecular weight is 400 g/mol. The van der Waals surface area contributed by atoms with Crippen LogP contribution in [0.25, 0.3) is 11.3 Å². The molecule has 0 aliphatic heterocycles. The van der Waals surface area contributed by atoms with Crippen LogP contribution in [0.2, 0.25) is 0 Å². The van der Waals surface area contributed by atoms with E-state index in [2.05, 4.69) is 15.3 Å². The van der Waals surface area contributed by atoms with Gasteiger partial charge in [0.05, 0.1) is 6.20 Å². The summed E-state index contributed by atoms with van der Waals surface area (Å²) in [6.07, 6.45) is 5.61. The second-order valence-electron chi connectivity index (χ2n) is 6.80. The summed E-state index contributed by atoms with van der Waals surface area (Å²) < 4.78 is 7.39. The Labute approximate surface area is 173 Å². The first-order chi connectivity index (χ1) is 14.6. The highest BCUT2D eigenvalue weighted by molar-refractivity contribution is 6.07. The third-order valence-corrected chi connectivity index (χ3v) is 4.63. The molecule has 1 amide bonds. The minimum Gasteiger partial charge on any atom is -0.441 e. The Balaban J connectivity index is 1.32. The molecule has 0 radical (unpaired) electrons. The van der Waals surface area contributed by atoms with Crippen molar-refractivity contribution < 1.29 is 14.0 Å². The number of imidazole rings is 1. The molecule has 0 atom stereocenters. The van der Waals surface area contributed by atoms with Crippen molar-refractivity contribution in [3.05, 3.63) is 90.5 Å². The van der Waals surface area contributed by atoms with Crippen molar-refractivity contribution in [1.82, 2.24) is 14.5 Å². The van der Waals surface area contributed by atoms with Crippen LogP contribution in [-0.2, 0) is 18.3 Å². The number of nitrogens with zero attached hydrogens (tertiary/aromatic N) is 3. The van der Waals surface area contributed by atoms with Gasteiger partial charge >= 0.3 is 0 Å². The Kier molecular flexibility index (Phi) is 5.52. The van der Waals surface area contributed by atoms with Crippen LogP contribution in [0.5, 0.6) is 0 Å². The number of aromatic nitrogens is 3. The highest BCUT2D eigenvalue weighted by Crippen LogP contribution is 2.20. The van der Waals surface area contributed by atoms with Gasteiger partial charge in [0.1, 0.15) is 0 Å². The average Bonchev–Trinajstić information content (AvgIpc) is 3.42. The summed E-state index contributed by atoms with van der Waals surface area (Å²) in [5, 5.41) is 2.82. The Morgan fingerprint density at radius 2 is 1.80 bits per heavy atom. The number of oxazole rings is 1. The second kappa shape index (κ2) is 8.57. The van der Waals surface area contributed by atoms with Crippen molar-refractivity contribution in [1.29, 1.82) is 0 Å².